The van der Waals surface area contributed by atoms with Crippen molar-refractivity contribution in [3.05, 3.63) is 17.3 Å². The first-order valence-corrected chi connectivity index (χ1v) is 6.40. The quantitative estimate of drug-likeness (QED) is 0.723. The van der Waals surface area contributed by atoms with Crippen LogP contribution in [-0.4, -0.2) is 22.6 Å². The van der Waals surface area contributed by atoms with Crippen molar-refractivity contribution in [2.24, 2.45) is 5.92 Å². The van der Waals surface area contributed by atoms with Gasteiger partial charge in [0.15, 0.2) is 11.0 Å². The molecule has 17 heavy (non-hydrogen) atoms. The van der Waals surface area contributed by atoms with E-state index >= 15 is 0 Å². The molecule has 0 aliphatic carbocycles. The second kappa shape index (κ2) is 5.17. The Morgan fingerprint density at radius 3 is 2.88 bits per heavy atom. The van der Waals surface area contributed by atoms with Crippen molar-refractivity contribution < 1.29 is 4.39 Å². The number of anilines is 1. The standard InChI is InChI=1S/C12H17ClFN3/c1-8-4-3-5-9(2)17(6-8)12-10(14)11(13)15-7-16-12/h7-9H,3-6H2,1-2H3/t8-,9-/m1/s1. The van der Waals surface area contributed by atoms with Gasteiger partial charge in [-0.2, -0.15) is 4.39 Å². The monoisotopic (exact) mass is 257 g/mol. The van der Waals surface area contributed by atoms with Crippen molar-refractivity contribution in [3.8, 4) is 0 Å². The normalized spacial score (nSPS) is 25.8. The van der Waals surface area contributed by atoms with Gasteiger partial charge in [0.1, 0.15) is 6.33 Å². The molecule has 2 heterocycles. The summed E-state index contributed by atoms with van der Waals surface area (Å²) in [5.74, 6) is 0.384. The number of hydrogen-bond acceptors (Lipinski definition) is 3. The molecule has 1 saturated heterocycles. The van der Waals surface area contributed by atoms with Crippen molar-refractivity contribution in [2.75, 3.05) is 11.4 Å². The SMILES string of the molecule is C[C@@H]1CCC[C@@H](C)N(c2ncnc(Cl)c2F)C1. The van der Waals surface area contributed by atoms with Crippen molar-refractivity contribution in [1.29, 1.82) is 0 Å². The van der Waals surface area contributed by atoms with Crippen LogP contribution in [0.15, 0.2) is 6.33 Å². The summed E-state index contributed by atoms with van der Waals surface area (Å²) in [6.45, 7) is 5.12. The number of halogens is 2. The van der Waals surface area contributed by atoms with Gasteiger partial charge in [0.05, 0.1) is 0 Å². The van der Waals surface area contributed by atoms with E-state index < -0.39 is 5.82 Å². The fourth-order valence-electron chi connectivity index (χ4n) is 2.36. The first-order chi connectivity index (χ1) is 8.09. The first-order valence-electron chi connectivity index (χ1n) is 6.02. The fraction of sp³-hybridized carbons (Fsp3) is 0.667. The Hall–Kier alpha value is -0.900. The summed E-state index contributed by atoms with van der Waals surface area (Å²) < 4.78 is 13.9. The minimum absolute atomic E-state index is 0.0981. The lowest BCUT2D eigenvalue weighted by Crippen LogP contribution is -2.36. The van der Waals surface area contributed by atoms with E-state index in [0.717, 1.165) is 13.0 Å². The Morgan fingerprint density at radius 2 is 2.12 bits per heavy atom. The highest BCUT2D eigenvalue weighted by molar-refractivity contribution is 6.29. The average molecular weight is 258 g/mol. The molecule has 2 atom stereocenters. The number of aromatic nitrogens is 2. The lowest BCUT2D eigenvalue weighted by atomic mass is 10.1. The van der Waals surface area contributed by atoms with Gasteiger partial charge in [-0.25, -0.2) is 9.97 Å². The first kappa shape index (κ1) is 12.6. The van der Waals surface area contributed by atoms with E-state index in [9.17, 15) is 4.39 Å². The Morgan fingerprint density at radius 1 is 1.35 bits per heavy atom. The van der Waals surface area contributed by atoms with Gasteiger partial charge in [-0.15, -0.1) is 0 Å². The van der Waals surface area contributed by atoms with Gasteiger partial charge in [-0.3, -0.25) is 0 Å². The lowest BCUT2D eigenvalue weighted by Gasteiger charge is -2.29. The molecular formula is C12H17ClFN3. The molecule has 0 N–H and O–H groups in total. The zero-order valence-corrected chi connectivity index (χ0v) is 10.9. The Balaban J connectivity index is 2.32. The molecule has 0 amide bonds. The fourth-order valence-corrected chi connectivity index (χ4v) is 2.49. The van der Waals surface area contributed by atoms with Crippen LogP contribution >= 0.6 is 11.6 Å². The Kier molecular flexibility index (Phi) is 3.82. The van der Waals surface area contributed by atoms with Crippen LogP contribution in [0.1, 0.15) is 33.1 Å². The van der Waals surface area contributed by atoms with Gasteiger partial charge < -0.3 is 4.90 Å². The minimum atomic E-state index is -0.505. The summed E-state index contributed by atoms with van der Waals surface area (Å²) in [4.78, 5) is 9.71. The van der Waals surface area contributed by atoms with Gasteiger partial charge in [0.2, 0.25) is 5.82 Å². The summed E-state index contributed by atoms with van der Waals surface area (Å²) >= 11 is 5.71. The summed E-state index contributed by atoms with van der Waals surface area (Å²) in [6, 6.07) is 0.292. The van der Waals surface area contributed by atoms with E-state index in [2.05, 4.69) is 23.8 Å². The molecule has 0 bridgehead atoms. The Bertz CT molecular complexity index is 399. The molecular weight excluding hydrogens is 241 g/mol. The van der Waals surface area contributed by atoms with Crippen molar-refractivity contribution >= 4 is 17.4 Å². The zero-order valence-electron chi connectivity index (χ0n) is 10.2. The van der Waals surface area contributed by atoms with Crippen LogP contribution in [0, 0.1) is 11.7 Å². The summed E-state index contributed by atoms with van der Waals surface area (Å²) in [6.07, 6.45) is 4.75. The maximum absolute atomic E-state index is 13.9. The maximum atomic E-state index is 13.9. The highest BCUT2D eigenvalue weighted by atomic mass is 35.5. The molecule has 0 saturated carbocycles. The molecule has 0 spiro atoms. The lowest BCUT2D eigenvalue weighted by molar-refractivity contribution is 0.531. The van der Waals surface area contributed by atoms with Gasteiger partial charge in [0.25, 0.3) is 0 Å². The van der Waals surface area contributed by atoms with Crippen molar-refractivity contribution in [3.63, 3.8) is 0 Å². The van der Waals surface area contributed by atoms with Crippen LogP contribution in [0.25, 0.3) is 0 Å². The van der Waals surface area contributed by atoms with E-state index in [1.54, 1.807) is 0 Å². The van der Waals surface area contributed by atoms with E-state index in [1.807, 2.05) is 4.90 Å². The number of nitrogens with zero attached hydrogens (tertiary/aromatic N) is 3. The van der Waals surface area contributed by atoms with Crippen LogP contribution in [0.2, 0.25) is 5.15 Å². The van der Waals surface area contributed by atoms with Gasteiger partial charge in [-0.05, 0) is 25.7 Å². The smallest absolute Gasteiger partial charge is 0.202 e. The minimum Gasteiger partial charge on any atom is -0.351 e. The summed E-state index contributed by atoms with van der Waals surface area (Å²) in [5.41, 5.74) is 0. The van der Waals surface area contributed by atoms with Crippen LogP contribution in [0.3, 0.4) is 0 Å². The van der Waals surface area contributed by atoms with Crippen LogP contribution in [0.4, 0.5) is 10.2 Å². The predicted octanol–water partition coefficient (Wildman–Crippen LogP) is 3.28. The predicted molar refractivity (Wildman–Crippen MR) is 66.8 cm³/mol. The second-order valence-corrected chi connectivity index (χ2v) is 5.20. The topological polar surface area (TPSA) is 29.0 Å². The highest BCUT2D eigenvalue weighted by Gasteiger charge is 2.25. The maximum Gasteiger partial charge on any atom is 0.202 e. The zero-order chi connectivity index (χ0) is 12.4. The van der Waals surface area contributed by atoms with Crippen molar-refractivity contribution in [2.45, 2.75) is 39.2 Å². The molecule has 3 nitrogen and oxygen atoms in total. The molecule has 2 rings (SSSR count). The van der Waals surface area contributed by atoms with Gasteiger partial charge in [-0.1, -0.05) is 24.9 Å². The van der Waals surface area contributed by atoms with E-state index in [1.165, 1.54) is 19.2 Å². The largest absolute Gasteiger partial charge is 0.351 e. The number of rotatable bonds is 1. The molecule has 1 aliphatic rings. The van der Waals surface area contributed by atoms with Gasteiger partial charge >= 0.3 is 0 Å². The summed E-state index contributed by atoms with van der Waals surface area (Å²) in [5, 5.41) is -0.0981. The third-order valence-corrected chi connectivity index (χ3v) is 3.62. The van der Waals surface area contributed by atoms with E-state index in [4.69, 9.17) is 11.6 Å². The van der Waals surface area contributed by atoms with Crippen molar-refractivity contribution in [1.82, 2.24) is 9.97 Å². The van der Waals surface area contributed by atoms with Gasteiger partial charge in [0, 0.05) is 12.6 Å². The number of hydrogen-bond donors (Lipinski definition) is 0. The van der Waals surface area contributed by atoms with Crippen LogP contribution in [-0.2, 0) is 0 Å². The molecule has 1 aromatic heterocycles. The van der Waals surface area contributed by atoms with Crippen LogP contribution < -0.4 is 4.90 Å². The third-order valence-electron chi connectivity index (χ3n) is 3.36. The molecule has 1 aromatic rings. The summed E-state index contributed by atoms with van der Waals surface area (Å²) in [7, 11) is 0. The second-order valence-electron chi connectivity index (χ2n) is 4.84. The molecule has 94 valence electrons. The van der Waals surface area contributed by atoms with E-state index in [0.29, 0.717) is 17.8 Å². The molecule has 0 aromatic carbocycles. The average Bonchev–Trinajstić information content (AvgIpc) is 2.45. The molecule has 5 heteroatoms. The third kappa shape index (κ3) is 2.68. The molecule has 1 fully saturated rings. The van der Waals surface area contributed by atoms with E-state index in [-0.39, 0.29) is 5.15 Å². The molecule has 0 radical (unpaired) electrons. The Labute approximate surface area is 106 Å². The van der Waals surface area contributed by atoms with Crippen LogP contribution in [0.5, 0.6) is 0 Å². The molecule has 0 unspecified atom stereocenters. The molecule has 1 aliphatic heterocycles. The highest BCUT2D eigenvalue weighted by Crippen LogP contribution is 2.28.